The fourth-order valence-corrected chi connectivity index (χ4v) is 2.17. The molecule has 1 aliphatic rings. The fourth-order valence-electron chi connectivity index (χ4n) is 2.17. The summed E-state index contributed by atoms with van der Waals surface area (Å²) in [7, 11) is 0. The summed E-state index contributed by atoms with van der Waals surface area (Å²) >= 11 is 0. The van der Waals surface area contributed by atoms with E-state index < -0.39 is 17.3 Å². The van der Waals surface area contributed by atoms with Gasteiger partial charge in [0.25, 0.3) is 0 Å². The van der Waals surface area contributed by atoms with Crippen LogP contribution in [0.4, 0.5) is 10.1 Å². The van der Waals surface area contributed by atoms with Gasteiger partial charge >= 0.3 is 5.97 Å². The topological polar surface area (TPSA) is 78.4 Å². The number of rotatable bonds is 3. The number of amides is 1. The van der Waals surface area contributed by atoms with Crippen molar-refractivity contribution in [1.29, 1.82) is 0 Å². The molecule has 0 aromatic heterocycles. The van der Waals surface area contributed by atoms with Gasteiger partial charge in [0, 0.05) is 5.69 Å². The molecule has 2 unspecified atom stereocenters. The molecule has 0 spiro atoms. The lowest BCUT2D eigenvalue weighted by Gasteiger charge is -2.15. The van der Waals surface area contributed by atoms with Crippen LogP contribution in [-0.4, -0.2) is 29.6 Å². The molecule has 19 heavy (non-hydrogen) atoms. The first-order chi connectivity index (χ1) is 8.99. The van der Waals surface area contributed by atoms with E-state index in [1.807, 2.05) is 6.92 Å². The van der Waals surface area contributed by atoms with E-state index in [1.165, 1.54) is 6.07 Å². The molecule has 6 heteroatoms. The molecule has 1 heterocycles. The normalized spacial score (nSPS) is 22.2. The number of anilines is 1. The van der Waals surface area contributed by atoms with Gasteiger partial charge < -0.3 is 15.7 Å². The third-order valence-electron chi connectivity index (χ3n) is 3.28. The van der Waals surface area contributed by atoms with Crippen LogP contribution in [0, 0.1) is 11.7 Å². The Bertz CT molecular complexity index is 519. The smallest absolute Gasteiger partial charge is 0.338 e. The quantitative estimate of drug-likeness (QED) is 0.774. The Labute approximate surface area is 109 Å². The number of aromatic carboxylic acids is 1. The molecule has 1 fully saturated rings. The summed E-state index contributed by atoms with van der Waals surface area (Å²) in [4.78, 5) is 22.6. The van der Waals surface area contributed by atoms with Crippen LogP contribution in [0.5, 0.6) is 0 Å². The van der Waals surface area contributed by atoms with Gasteiger partial charge in [-0.15, -0.1) is 0 Å². The summed E-state index contributed by atoms with van der Waals surface area (Å²) in [5.41, 5.74) is -0.154. The van der Waals surface area contributed by atoms with Crippen molar-refractivity contribution in [2.24, 2.45) is 5.92 Å². The molecule has 3 N–H and O–H groups in total. The molecule has 1 amide bonds. The van der Waals surface area contributed by atoms with E-state index in [4.69, 9.17) is 5.11 Å². The molecule has 5 nitrogen and oxygen atoms in total. The first-order valence-electron chi connectivity index (χ1n) is 6.06. The highest BCUT2D eigenvalue weighted by atomic mass is 19.1. The van der Waals surface area contributed by atoms with Crippen LogP contribution in [0.25, 0.3) is 0 Å². The lowest BCUT2D eigenvalue weighted by Crippen LogP contribution is -2.39. The average molecular weight is 266 g/mol. The standard InChI is InChI=1S/C13H15FN2O3/c1-7-4-5-15-11(7)12(17)16-8-2-3-9(13(18)19)10(14)6-8/h2-3,6-7,11,15H,4-5H2,1H3,(H,16,17)(H,18,19). The molecule has 0 radical (unpaired) electrons. The Hall–Kier alpha value is -1.95. The molecule has 1 aromatic carbocycles. The number of hydrogen-bond donors (Lipinski definition) is 3. The molecular weight excluding hydrogens is 251 g/mol. The summed E-state index contributed by atoms with van der Waals surface area (Å²) in [6, 6.07) is 3.24. The van der Waals surface area contributed by atoms with Crippen molar-refractivity contribution in [2.75, 3.05) is 11.9 Å². The average Bonchev–Trinajstić information content (AvgIpc) is 2.75. The maximum atomic E-state index is 13.5. The van der Waals surface area contributed by atoms with Crippen molar-refractivity contribution >= 4 is 17.6 Å². The summed E-state index contributed by atoms with van der Waals surface area (Å²) in [5, 5.41) is 14.4. The van der Waals surface area contributed by atoms with E-state index >= 15 is 0 Å². The number of carboxylic acid groups (broad SMARTS) is 1. The van der Waals surface area contributed by atoms with E-state index in [0.29, 0.717) is 0 Å². The molecule has 1 aromatic rings. The van der Waals surface area contributed by atoms with Crippen LogP contribution >= 0.6 is 0 Å². The van der Waals surface area contributed by atoms with Crippen molar-refractivity contribution in [2.45, 2.75) is 19.4 Å². The third-order valence-corrected chi connectivity index (χ3v) is 3.28. The molecule has 102 valence electrons. The molecule has 1 aliphatic heterocycles. The van der Waals surface area contributed by atoms with Crippen LogP contribution in [-0.2, 0) is 4.79 Å². The predicted octanol–water partition coefficient (Wildman–Crippen LogP) is 1.46. The van der Waals surface area contributed by atoms with Gasteiger partial charge in [-0.05, 0) is 37.1 Å². The summed E-state index contributed by atoms with van der Waals surface area (Å²) in [5.74, 6) is -2.20. The van der Waals surface area contributed by atoms with E-state index in [1.54, 1.807) is 0 Å². The molecule has 2 rings (SSSR count). The minimum absolute atomic E-state index is 0.225. The number of carbonyl (C=O) groups excluding carboxylic acids is 1. The van der Waals surface area contributed by atoms with Gasteiger partial charge in [-0.2, -0.15) is 0 Å². The number of nitrogens with one attached hydrogen (secondary N) is 2. The lowest BCUT2D eigenvalue weighted by molar-refractivity contribution is -0.118. The van der Waals surface area contributed by atoms with Crippen molar-refractivity contribution in [3.8, 4) is 0 Å². The Morgan fingerprint density at radius 2 is 2.21 bits per heavy atom. The number of hydrogen-bond acceptors (Lipinski definition) is 3. The zero-order valence-electron chi connectivity index (χ0n) is 10.4. The van der Waals surface area contributed by atoms with Crippen LogP contribution in [0.1, 0.15) is 23.7 Å². The third kappa shape index (κ3) is 2.90. The summed E-state index contributed by atoms with van der Waals surface area (Å²) in [6.07, 6.45) is 0.921. The highest BCUT2D eigenvalue weighted by Gasteiger charge is 2.29. The van der Waals surface area contributed by atoms with Gasteiger partial charge in [-0.1, -0.05) is 6.92 Å². The van der Waals surface area contributed by atoms with Gasteiger partial charge in [-0.3, -0.25) is 4.79 Å². The number of carbonyl (C=O) groups is 2. The second-order valence-electron chi connectivity index (χ2n) is 4.69. The highest BCUT2D eigenvalue weighted by Crippen LogP contribution is 2.18. The summed E-state index contributed by atoms with van der Waals surface area (Å²) in [6.45, 7) is 2.75. The van der Waals surface area contributed by atoms with Crippen molar-refractivity contribution in [1.82, 2.24) is 5.32 Å². The van der Waals surface area contributed by atoms with Gasteiger partial charge in [0.2, 0.25) is 5.91 Å². The maximum Gasteiger partial charge on any atom is 0.338 e. The van der Waals surface area contributed by atoms with Crippen LogP contribution in [0.3, 0.4) is 0 Å². The van der Waals surface area contributed by atoms with Gasteiger partial charge in [-0.25, -0.2) is 9.18 Å². The Kier molecular flexibility index (Phi) is 3.80. The maximum absolute atomic E-state index is 13.5. The zero-order valence-corrected chi connectivity index (χ0v) is 10.4. The molecule has 1 saturated heterocycles. The second kappa shape index (κ2) is 5.36. The Morgan fingerprint density at radius 1 is 1.47 bits per heavy atom. The SMILES string of the molecule is CC1CCNC1C(=O)Nc1ccc(C(=O)O)c(F)c1. The molecule has 2 atom stereocenters. The molecule has 0 saturated carbocycles. The summed E-state index contributed by atoms with van der Waals surface area (Å²) < 4.78 is 13.5. The molecule has 0 aliphatic carbocycles. The minimum atomic E-state index is -1.33. The van der Waals surface area contributed by atoms with Gasteiger partial charge in [0.05, 0.1) is 11.6 Å². The fraction of sp³-hybridized carbons (Fsp3) is 0.385. The molecular formula is C13H15FN2O3. The largest absolute Gasteiger partial charge is 0.478 e. The van der Waals surface area contributed by atoms with E-state index in [0.717, 1.165) is 25.1 Å². The zero-order chi connectivity index (χ0) is 14.0. The van der Waals surface area contributed by atoms with Gasteiger partial charge in [0.1, 0.15) is 5.82 Å². The van der Waals surface area contributed by atoms with Gasteiger partial charge in [0.15, 0.2) is 0 Å². The van der Waals surface area contributed by atoms with Crippen LogP contribution < -0.4 is 10.6 Å². The van der Waals surface area contributed by atoms with Crippen LogP contribution in [0.2, 0.25) is 0 Å². The molecule has 0 bridgehead atoms. The minimum Gasteiger partial charge on any atom is -0.478 e. The first kappa shape index (κ1) is 13.5. The second-order valence-corrected chi connectivity index (χ2v) is 4.69. The Balaban J connectivity index is 2.09. The predicted molar refractivity (Wildman–Crippen MR) is 67.6 cm³/mol. The van der Waals surface area contributed by atoms with Crippen molar-refractivity contribution < 1.29 is 19.1 Å². The van der Waals surface area contributed by atoms with E-state index in [2.05, 4.69) is 10.6 Å². The number of halogens is 1. The highest BCUT2D eigenvalue weighted by molar-refractivity contribution is 5.96. The van der Waals surface area contributed by atoms with E-state index in [9.17, 15) is 14.0 Å². The van der Waals surface area contributed by atoms with Crippen LogP contribution in [0.15, 0.2) is 18.2 Å². The number of carboxylic acids is 1. The first-order valence-corrected chi connectivity index (χ1v) is 6.06. The van der Waals surface area contributed by atoms with Crippen molar-refractivity contribution in [3.63, 3.8) is 0 Å². The monoisotopic (exact) mass is 266 g/mol. The Morgan fingerprint density at radius 3 is 2.74 bits per heavy atom. The lowest BCUT2D eigenvalue weighted by atomic mass is 10.0. The van der Waals surface area contributed by atoms with Crippen molar-refractivity contribution in [3.05, 3.63) is 29.6 Å². The van der Waals surface area contributed by atoms with E-state index in [-0.39, 0.29) is 23.6 Å². The number of benzene rings is 1.